The quantitative estimate of drug-likeness (QED) is 0.808. The highest BCUT2D eigenvalue weighted by Crippen LogP contribution is 2.34. The second kappa shape index (κ2) is 5.23. The summed E-state index contributed by atoms with van der Waals surface area (Å²) >= 11 is 9.08. The average Bonchev–Trinajstić information content (AvgIpc) is 3.07. The molecule has 0 aliphatic carbocycles. The predicted octanol–water partition coefficient (Wildman–Crippen LogP) is 3.77. The number of alkyl halides is 1. The van der Waals surface area contributed by atoms with Crippen molar-refractivity contribution < 1.29 is 4.79 Å². The Hall–Kier alpha value is -0.910. The summed E-state index contributed by atoms with van der Waals surface area (Å²) in [6.45, 7) is 2.77. The molecule has 100 valence electrons. The van der Waals surface area contributed by atoms with Crippen LogP contribution in [-0.4, -0.2) is 23.3 Å². The molecule has 3 rings (SSSR count). The van der Waals surface area contributed by atoms with Crippen molar-refractivity contribution >= 4 is 45.3 Å². The smallest absolute Gasteiger partial charge is 0.229 e. The van der Waals surface area contributed by atoms with Crippen LogP contribution in [0.15, 0.2) is 17.5 Å². The summed E-state index contributed by atoms with van der Waals surface area (Å²) in [5.41, 5.74) is 0.959. The molecule has 0 bridgehead atoms. The van der Waals surface area contributed by atoms with E-state index in [1.807, 2.05) is 5.38 Å². The maximum Gasteiger partial charge on any atom is 0.229 e. The molecule has 0 radical (unpaired) electrons. The van der Waals surface area contributed by atoms with Crippen LogP contribution >= 0.6 is 34.3 Å². The lowest BCUT2D eigenvalue weighted by Crippen LogP contribution is -2.24. The zero-order valence-corrected chi connectivity index (χ0v) is 12.8. The van der Waals surface area contributed by atoms with Crippen LogP contribution < -0.4 is 4.90 Å². The third-order valence-corrected chi connectivity index (χ3v) is 5.46. The molecule has 1 aliphatic rings. The molecule has 1 saturated heterocycles. The Kier molecular flexibility index (Phi) is 3.60. The number of thiophene rings is 1. The molecular formula is C13H13ClN2OS2. The van der Waals surface area contributed by atoms with E-state index in [1.54, 1.807) is 16.2 Å². The van der Waals surface area contributed by atoms with E-state index in [-0.39, 0.29) is 11.8 Å². The van der Waals surface area contributed by atoms with Crippen LogP contribution in [-0.2, 0) is 4.79 Å². The predicted molar refractivity (Wildman–Crippen MR) is 81.3 cm³/mol. The van der Waals surface area contributed by atoms with E-state index in [0.717, 1.165) is 15.7 Å². The number of thiazole rings is 1. The minimum atomic E-state index is 0.133. The number of anilines is 1. The summed E-state index contributed by atoms with van der Waals surface area (Å²) in [6.07, 6.45) is 0.538. The fourth-order valence-corrected chi connectivity index (χ4v) is 4.10. The molecule has 0 aromatic carbocycles. The maximum absolute atomic E-state index is 11.9. The van der Waals surface area contributed by atoms with Crippen molar-refractivity contribution in [1.82, 2.24) is 4.98 Å². The van der Waals surface area contributed by atoms with Crippen LogP contribution in [0.1, 0.15) is 11.3 Å². The summed E-state index contributed by atoms with van der Waals surface area (Å²) in [7, 11) is 0. The van der Waals surface area contributed by atoms with Gasteiger partial charge in [0.2, 0.25) is 5.91 Å². The van der Waals surface area contributed by atoms with E-state index in [2.05, 4.69) is 24.0 Å². The molecule has 3 nitrogen and oxygen atoms in total. The molecule has 19 heavy (non-hydrogen) atoms. The zero-order valence-electron chi connectivity index (χ0n) is 10.4. The first-order valence-corrected chi connectivity index (χ1v) is 8.29. The molecule has 2 aromatic rings. The molecule has 3 heterocycles. The lowest BCUT2D eigenvalue weighted by atomic mass is 10.2. The molecule has 1 fully saturated rings. The molecule has 1 atom stereocenters. The molecule has 6 heteroatoms. The Balaban J connectivity index is 1.84. The van der Waals surface area contributed by atoms with Gasteiger partial charge in [0, 0.05) is 29.1 Å². The summed E-state index contributed by atoms with van der Waals surface area (Å²) < 4.78 is 0. The number of aromatic nitrogens is 1. The Morgan fingerprint density at radius 2 is 2.37 bits per heavy atom. The van der Waals surface area contributed by atoms with Crippen molar-refractivity contribution in [2.75, 3.05) is 17.3 Å². The van der Waals surface area contributed by atoms with Crippen LogP contribution in [0, 0.1) is 12.8 Å². The van der Waals surface area contributed by atoms with Gasteiger partial charge in [0.25, 0.3) is 0 Å². The zero-order chi connectivity index (χ0) is 13.4. The van der Waals surface area contributed by atoms with Crippen LogP contribution in [0.25, 0.3) is 10.6 Å². The summed E-state index contributed by atoms with van der Waals surface area (Å²) in [6, 6.07) is 4.16. The lowest BCUT2D eigenvalue weighted by Gasteiger charge is -2.11. The van der Waals surface area contributed by atoms with Gasteiger partial charge in [-0.1, -0.05) is 0 Å². The minimum absolute atomic E-state index is 0.133. The van der Waals surface area contributed by atoms with E-state index in [1.165, 1.54) is 16.2 Å². The maximum atomic E-state index is 11.9. The van der Waals surface area contributed by atoms with Crippen LogP contribution in [0.4, 0.5) is 5.13 Å². The largest absolute Gasteiger partial charge is 0.288 e. The van der Waals surface area contributed by atoms with E-state index in [9.17, 15) is 4.79 Å². The molecule has 0 N–H and O–H groups in total. The molecular weight excluding hydrogens is 300 g/mol. The number of rotatable bonds is 3. The molecule has 1 amide bonds. The van der Waals surface area contributed by atoms with E-state index >= 15 is 0 Å². The fourth-order valence-electron chi connectivity index (χ4n) is 2.14. The Morgan fingerprint density at radius 3 is 3.00 bits per heavy atom. The van der Waals surface area contributed by atoms with Crippen molar-refractivity contribution in [3.05, 3.63) is 22.4 Å². The van der Waals surface area contributed by atoms with E-state index < -0.39 is 0 Å². The number of carbonyl (C=O) groups excluding carboxylic acids is 1. The van der Waals surface area contributed by atoms with Crippen LogP contribution in [0.5, 0.6) is 0 Å². The third-order valence-electron chi connectivity index (χ3n) is 3.14. The van der Waals surface area contributed by atoms with E-state index in [0.29, 0.717) is 18.8 Å². The molecule has 0 spiro atoms. The van der Waals surface area contributed by atoms with Crippen molar-refractivity contribution in [3.8, 4) is 10.6 Å². The van der Waals surface area contributed by atoms with Gasteiger partial charge in [-0.25, -0.2) is 4.98 Å². The molecule has 1 aliphatic heterocycles. The number of amides is 1. The number of carbonyl (C=O) groups is 1. The van der Waals surface area contributed by atoms with Crippen molar-refractivity contribution in [2.24, 2.45) is 5.92 Å². The van der Waals surface area contributed by atoms with Crippen molar-refractivity contribution in [1.29, 1.82) is 0 Å². The second-order valence-electron chi connectivity index (χ2n) is 4.65. The highest BCUT2D eigenvalue weighted by molar-refractivity contribution is 7.17. The fraction of sp³-hybridized carbons (Fsp3) is 0.385. The van der Waals surface area contributed by atoms with Gasteiger partial charge in [0.15, 0.2) is 5.13 Å². The first-order chi connectivity index (χ1) is 9.17. The first kappa shape index (κ1) is 13.1. The molecule has 2 aromatic heterocycles. The number of nitrogens with zero attached hydrogens (tertiary/aromatic N) is 2. The van der Waals surface area contributed by atoms with Gasteiger partial charge < -0.3 is 0 Å². The van der Waals surface area contributed by atoms with Gasteiger partial charge in [0.05, 0.1) is 10.6 Å². The SMILES string of the molecule is Cc1ccc(-c2csc(N3CC(CCl)CC3=O)n2)s1. The highest BCUT2D eigenvalue weighted by Gasteiger charge is 2.31. The van der Waals surface area contributed by atoms with Crippen molar-refractivity contribution in [2.45, 2.75) is 13.3 Å². The highest BCUT2D eigenvalue weighted by atomic mass is 35.5. The van der Waals surface area contributed by atoms with Gasteiger partial charge in [-0.3, -0.25) is 9.69 Å². The minimum Gasteiger partial charge on any atom is -0.288 e. The average molecular weight is 313 g/mol. The first-order valence-electron chi connectivity index (χ1n) is 6.06. The van der Waals surface area contributed by atoms with Crippen LogP contribution in [0.3, 0.4) is 0 Å². The number of aryl methyl sites for hydroxylation is 1. The summed E-state index contributed by atoms with van der Waals surface area (Å²) in [5, 5.41) is 2.81. The number of hydrogen-bond donors (Lipinski definition) is 0. The summed E-state index contributed by atoms with van der Waals surface area (Å²) in [5.74, 6) is 0.921. The third kappa shape index (κ3) is 2.55. The molecule has 0 saturated carbocycles. The van der Waals surface area contributed by atoms with Gasteiger partial charge >= 0.3 is 0 Å². The van der Waals surface area contributed by atoms with E-state index in [4.69, 9.17) is 11.6 Å². The number of halogens is 1. The topological polar surface area (TPSA) is 33.2 Å². The van der Waals surface area contributed by atoms with Gasteiger partial charge in [-0.15, -0.1) is 34.3 Å². The Morgan fingerprint density at radius 1 is 1.53 bits per heavy atom. The summed E-state index contributed by atoms with van der Waals surface area (Å²) in [4.78, 5) is 20.7. The van der Waals surface area contributed by atoms with Gasteiger partial charge in [-0.05, 0) is 25.0 Å². The number of hydrogen-bond acceptors (Lipinski definition) is 4. The lowest BCUT2D eigenvalue weighted by molar-refractivity contribution is -0.117. The monoisotopic (exact) mass is 312 g/mol. The second-order valence-corrected chi connectivity index (χ2v) is 7.09. The van der Waals surface area contributed by atoms with Gasteiger partial charge in [-0.2, -0.15) is 0 Å². The Labute approximate surface area is 124 Å². The van der Waals surface area contributed by atoms with Crippen molar-refractivity contribution in [3.63, 3.8) is 0 Å². The Bertz CT molecular complexity index is 607. The van der Waals surface area contributed by atoms with Crippen LogP contribution in [0.2, 0.25) is 0 Å². The molecule has 1 unspecified atom stereocenters. The van der Waals surface area contributed by atoms with Gasteiger partial charge in [0.1, 0.15) is 0 Å². The standard InChI is InChI=1S/C13H13ClN2OS2/c1-8-2-3-11(19-8)10-7-18-13(15-10)16-6-9(5-14)4-12(16)17/h2-3,7,9H,4-6H2,1H3. The normalized spacial score (nSPS) is 19.4.